The maximum atomic E-state index is 12.0. The predicted octanol–water partition coefficient (Wildman–Crippen LogP) is 1.40. The predicted molar refractivity (Wildman–Crippen MR) is 69.8 cm³/mol. The van der Waals surface area contributed by atoms with Crippen molar-refractivity contribution in [2.45, 2.75) is 12.8 Å². The van der Waals surface area contributed by atoms with Crippen LogP contribution in [-0.2, 0) is 4.79 Å². The highest BCUT2D eigenvalue weighted by Crippen LogP contribution is 2.30. The molecule has 5 nitrogen and oxygen atoms in total. The maximum Gasteiger partial charge on any atom is 0.241 e. The molecule has 1 N–H and O–H groups in total. The van der Waals surface area contributed by atoms with Gasteiger partial charge in [0, 0.05) is 19.7 Å². The lowest BCUT2D eigenvalue weighted by Gasteiger charge is -2.19. The van der Waals surface area contributed by atoms with Crippen LogP contribution in [0.3, 0.4) is 0 Å². The van der Waals surface area contributed by atoms with Crippen molar-refractivity contribution >= 4 is 5.91 Å². The molecule has 1 amide bonds. The fourth-order valence-electron chi connectivity index (χ4n) is 1.64. The molecule has 1 unspecified atom stereocenters. The molecule has 0 heterocycles. The first-order valence-electron chi connectivity index (χ1n) is 5.69. The van der Waals surface area contributed by atoms with Crippen molar-refractivity contribution in [1.82, 2.24) is 10.4 Å². The summed E-state index contributed by atoms with van der Waals surface area (Å²) in [4.78, 5) is 12.0. The van der Waals surface area contributed by atoms with E-state index >= 15 is 0 Å². The van der Waals surface area contributed by atoms with Gasteiger partial charge in [0.2, 0.25) is 5.91 Å². The van der Waals surface area contributed by atoms with Crippen LogP contribution in [0, 0.1) is 0 Å². The number of ether oxygens (including phenoxy) is 2. The number of amides is 1. The Morgan fingerprint density at radius 1 is 1.28 bits per heavy atom. The second-order valence-corrected chi connectivity index (χ2v) is 4.20. The first-order valence-corrected chi connectivity index (χ1v) is 5.69. The molecule has 0 saturated carbocycles. The molecule has 1 rings (SSSR count). The normalized spacial score (nSPS) is 12.1. The Morgan fingerprint density at radius 2 is 1.94 bits per heavy atom. The minimum Gasteiger partial charge on any atom is -0.497 e. The van der Waals surface area contributed by atoms with Gasteiger partial charge in [-0.05, 0) is 25.1 Å². The first kappa shape index (κ1) is 14.3. The molecule has 18 heavy (non-hydrogen) atoms. The van der Waals surface area contributed by atoms with Crippen LogP contribution in [0.15, 0.2) is 18.2 Å². The summed E-state index contributed by atoms with van der Waals surface area (Å²) in [5.41, 5.74) is 3.53. The van der Waals surface area contributed by atoms with Crippen LogP contribution in [0.5, 0.6) is 11.5 Å². The fourth-order valence-corrected chi connectivity index (χ4v) is 1.64. The van der Waals surface area contributed by atoms with Gasteiger partial charge in [-0.3, -0.25) is 10.2 Å². The van der Waals surface area contributed by atoms with E-state index < -0.39 is 0 Å². The van der Waals surface area contributed by atoms with Crippen molar-refractivity contribution < 1.29 is 14.3 Å². The van der Waals surface area contributed by atoms with Crippen LogP contribution in [0.25, 0.3) is 0 Å². The van der Waals surface area contributed by atoms with Crippen LogP contribution in [0.1, 0.15) is 18.4 Å². The SMILES string of the molecule is COc1ccc(OC)c(C(C)C(=O)NN(C)C)c1. The quantitative estimate of drug-likeness (QED) is 0.805. The van der Waals surface area contributed by atoms with Gasteiger partial charge in [0.1, 0.15) is 11.5 Å². The summed E-state index contributed by atoms with van der Waals surface area (Å²) in [6, 6.07) is 5.42. The monoisotopic (exact) mass is 252 g/mol. The first-order chi connectivity index (χ1) is 8.49. The zero-order chi connectivity index (χ0) is 13.7. The zero-order valence-corrected chi connectivity index (χ0v) is 11.5. The number of nitrogens with zero attached hydrogens (tertiary/aromatic N) is 1. The Bertz CT molecular complexity index is 419. The number of hydrazine groups is 1. The molecule has 5 heteroatoms. The molecule has 0 aromatic heterocycles. The summed E-state index contributed by atoms with van der Waals surface area (Å²) in [5, 5.41) is 1.62. The number of methoxy groups -OCH3 is 2. The molecular formula is C13H20N2O3. The summed E-state index contributed by atoms with van der Waals surface area (Å²) >= 11 is 0. The second kappa shape index (κ2) is 6.26. The topological polar surface area (TPSA) is 50.8 Å². The van der Waals surface area contributed by atoms with Crippen molar-refractivity contribution in [3.8, 4) is 11.5 Å². The highest BCUT2D eigenvalue weighted by molar-refractivity contribution is 5.83. The molecule has 1 atom stereocenters. The van der Waals surface area contributed by atoms with Crippen molar-refractivity contribution in [3.05, 3.63) is 23.8 Å². The number of hydrogen-bond acceptors (Lipinski definition) is 4. The average molecular weight is 252 g/mol. The summed E-state index contributed by atoms with van der Waals surface area (Å²) < 4.78 is 10.4. The van der Waals surface area contributed by atoms with E-state index in [1.54, 1.807) is 45.5 Å². The van der Waals surface area contributed by atoms with Gasteiger partial charge in [-0.2, -0.15) is 0 Å². The molecule has 0 saturated heterocycles. The molecule has 1 aromatic carbocycles. The number of hydrogen-bond donors (Lipinski definition) is 1. The van der Waals surface area contributed by atoms with E-state index in [4.69, 9.17) is 9.47 Å². The molecule has 100 valence electrons. The van der Waals surface area contributed by atoms with E-state index in [9.17, 15) is 4.79 Å². The Balaban J connectivity index is 3.02. The van der Waals surface area contributed by atoms with Crippen LogP contribution in [-0.4, -0.2) is 39.2 Å². The number of benzene rings is 1. The van der Waals surface area contributed by atoms with Crippen molar-refractivity contribution in [2.24, 2.45) is 0 Å². The van der Waals surface area contributed by atoms with E-state index in [-0.39, 0.29) is 11.8 Å². The second-order valence-electron chi connectivity index (χ2n) is 4.20. The molecule has 0 aliphatic heterocycles. The average Bonchev–Trinajstić information content (AvgIpc) is 2.36. The number of carbonyl (C=O) groups excluding carboxylic acids is 1. The smallest absolute Gasteiger partial charge is 0.241 e. The molecule has 1 aromatic rings. The molecular weight excluding hydrogens is 232 g/mol. The van der Waals surface area contributed by atoms with Crippen LogP contribution < -0.4 is 14.9 Å². The van der Waals surface area contributed by atoms with Gasteiger partial charge in [0.15, 0.2) is 0 Å². The lowest BCUT2D eigenvalue weighted by atomic mass is 9.99. The minimum absolute atomic E-state index is 0.0912. The fraction of sp³-hybridized carbons (Fsp3) is 0.462. The van der Waals surface area contributed by atoms with Gasteiger partial charge in [-0.1, -0.05) is 0 Å². The molecule has 0 radical (unpaired) electrons. The maximum absolute atomic E-state index is 12.0. The van der Waals surface area contributed by atoms with Gasteiger partial charge in [-0.15, -0.1) is 0 Å². The summed E-state index contributed by atoms with van der Waals surface area (Å²) in [6.07, 6.45) is 0. The van der Waals surface area contributed by atoms with Crippen molar-refractivity contribution in [1.29, 1.82) is 0 Å². The zero-order valence-electron chi connectivity index (χ0n) is 11.5. The van der Waals surface area contributed by atoms with Crippen molar-refractivity contribution in [2.75, 3.05) is 28.3 Å². The third-order valence-corrected chi connectivity index (χ3v) is 2.63. The Hall–Kier alpha value is -1.75. The number of nitrogens with one attached hydrogen (secondary N) is 1. The molecule has 0 aliphatic carbocycles. The summed E-state index contributed by atoms with van der Waals surface area (Å²) in [6.45, 7) is 1.83. The van der Waals surface area contributed by atoms with E-state index in [1.807, 2.05) is 13.0 Å². The molecule has 0 bridgehead atoms. The van der Waals surface area contributed by atoms with Crippen molar-refractivity contribution in [3.63, 3.8) is 0 Å². The van der Waals surface area contributed by atoms with Gasteiger partial charge >= 0.3 is 0 Å². The van der Waals surface area contributed by atoms with Gasteiger partial charge < -0.3 is 9.47 Å². The minimum atomic E-state index is -0.322. The van der Waals surface area contributed by atoms with E-state index in [2.05, 4.69) is 5.43 Å². The molecule has 0 aliphatic rings. The number of carbonyl (C=O) groups is 1. The highest BCUT2D eigenvalue weighted by Gasteiger charge is 2.20. The Kier molecular flexibility index (Phi) is 4.97. The number of rotatable bonds is 5. The van der Waals surface area contributed by atoms with E-state index in [0.29, 0.717) is 11.5 Å². The van der Waals surface area contributed by atoms with E-state index in [1.165, 1.54) is 0 Å². The molecule has 0 spiro atoms. The van der Waals surface area contributed by atoms with Crippen LogP contribution in [0.4, 0.5) is 0 Å². The van der Waals surface area contributed by atoms with Gasteiger partial charge in [0.05, 0.1) is 20.1 Å². The Labute approximate surface area is 108 Å². The van der Waals surface area contributed by atoms with Gasteiger partial charge in [-0.25, -0.2) is 5.01 Å². The third-order valence-electron chi connectivity index (χ3n) is 2.63. The standard InChI is InChI=1S/C13H20N2O3/c1-9(13(16)14-15(2)3)11-8-10(17-4)6-7-12(11)18-5/h6-9H,1-5H3,(H,14,16). The van der Waals surface area contributed by atoms with Crippen LogP contribution in [0.2, 0.25) is 0 Å². The summed E-state index contributed by atoms with van der Waals surface area (Å²) in [5.74, 6) is 0.969. The lowest BCUT2D eigenvalue weighted by Crippen LogP contribution is -2.38. The summed E-state index contributed by atoms with van der Waals surface area (Å²) in [7, 11) is 6.72. The van der Waals surface area contributed by atoms with Crippen LogP contribution >= 0.6 is 0 Å². The van der Waals surface area contributed by atoms with Gasteiger partial charge in [0.25, 0.3) is 0 Å². The third kappa shape index (κ3) is 3.37. The largest absolute Gasteiger partial charge is 0.497 e. The Morgan fingerprint density at radius 3 is 2.44 bits per heavy atom. The van der Waals surface area contributed by atoms with E-state index in [0.717, 1.165) is 5.56 Å². The highest BCUT2D eigenvalue weighted by atomic mass is 16.5. The molecule has 0 fully saturated rings. The lowest BCUT2D eigenvalue weighted by molar-refractivity contribution is -0.126.